The van der Waals surface area contributed by atoms with Gasteiger partial charge in [-0.05, 0) is 25.0 Å². The van der Waals surface area contributed by atoms with Crippen LogP contribution < -0.4 is 5.56 Å². The minimum absolute atomic E-state index is 0.176. The second-order valence-electron chi connectivity index (χ2n) is 3.85. The molecule has 3 rings (SSSR count). The van der Waals surface area contributed by atoms with Gasteiger partial charge in [0.15, 0.2) is 0 Å². The van der Waals surface area contributed by atoms with Crippen molar-refractivity contribution in [3.8, 4) is 0 Å². The van der Waals surface area contributed by atoms with Crippen molar-refractivity contribution < 1.29 is 0 Å². The third-order valence-electron chi connectivity index (χ3n) is 2.71. The fourth-order valence-electron chi connectivity index (χ4n) is 1.75. The van der Waals surface area contributed by atoms with Gasteiger partial charge in [0.25, 0.3) is 5.56 Å². The molecule has 0 aliphatic heterocycles. The van der Waals surface area contributed by atoms with E-state index in [2.05, 4.69) is 4.98 Å². The average molecular weight is 221 g/mol. The van der Waals surface area contributed by atoms with Crippen LogP contribution in [0.2, 0.25) is 0 Å². The monoisotopic (exact) mass is 220 g/mol. The number of benzene rings is 1. The van der Waals surface area contributed by atoms with Gasteiger partial charge >= 0.3 is 0 Å². The van der Waals surface area contributed by atoms with Crippen LogP contribution in [0.25, 0.3) is 10.9 Å². The standard InChI is InChI=1S/C11H9ClN2O/c12-14-9-4-2-1-3-8(9)11(15)13-10(14)7-5-6-7/h1-4,7H,5-6H2. The maximum atomic E-state index is 11.7. The van der Waals surface area contributed by atoms with Crippen molar-refractivity contribution in [2.24, 2.45) is 0 Å². The van der Waals surface area contributed by atoms with Gasteiger partial charge in [0.05, 0.1) is 10.9 Å². The van der Waals surface area contributed by atoms with Gasteiger partial charge in [-0.15, -0.1) is 0 Å². The van der Waals surface area contributed by atoms with Gasteiger partial charge in [-0.3, -0.25) is 4.79 Å². The maximum absolute atomic E-state index is 11.7. The van der Waals surface area contributed by atoms with Gasteiger partial charge in [0, 0.05) is 17.7 Å². The molecule has 1 aliphatic carbocycles. The molecule has 0 bridgehead atoms. The van der Waals surface area contributed by atoms with Crippen LogP contribution in [0.4, 0.5) is 0 Å². The highest BCUT2D eigenvalue weighted by atomic mass is 35.5. The molecular formula is C11H9ClN2O. The lowest BCUT2D eigenvalue weighted by atomic mass is 10.2. The largest absolute Gasteiger partial charge is 0.280 e. The van der Waals surface area contributed by atoms with Crippen LogP contribution in [-0.4, -0.2) is 9.07 Å². The zero-order valence-corrected chi connectivity index (χ0v) is 8.74. The predicted molar refractivity (Wildman–Crippen MR) is 59.2 cm³/mol. The predicted octanol–water partition coefficient (Wildman–Crippen LogP) is 2.28. The van der Waals surface area contributed by atoms with Crippen molar-refractivity contribution in [2.45, 2.75) is 18.8 Å². The zero-order valence-electron chi connectivity index (χ0n) is 7.98. The van der Waals surface area contributed by atoms with Crippen LogP contribution in [0.3, 0.4) is 0 Å². The lowest BCUT2D eigenvalue weighted by Crippen LogP contribution is -2.14. The summed E-state index contributed by atoms with van der Waals surface area (Å²) in [6.45, 7) is 0. The molecule has 0 spiro atoms. The van der Waals surface area contributed by atoms with Gasteiger partial charge in [-0.1, -0.05) is 12.1 Å². The number of fused-ring (bicyclic) bond motifs is 1. The summed E-state index contributed by atoms with van der Waals surface area (Å²) in [6, 6.07) is 7.29. The Morgan fingerprint density at radius 3 is 2.80 bits per heavy atom. The van der Waals surface area contributed by atoms with Crippen LogP contribution in [-0.2, 0) is 0 Å². The third kappa shape index (κ3) is 1.35. The zero-order chi connectivity index (χ0) is 10.4. The summed E-state index contributed by atoms with van der Waals surface area (Å²) in [5.41, 5.74) is 0.575. The topological polar surface area (TPSA) is 34.9 Å². The molecule has 1 aliphatic rings. The Hall–Kier alpha value is -1.35. The van der Waals surface area contributed by atoms with E-state index in [4.69, 9.17) is 11.8 Å². The number of rotatable bonds is 1. The molecule has 15 heavy (non-hydrogen) atoms. The first-order valence-electron chi connectivity index (χ1n) is 4.95. The van der Waals surface area contributed by atoms with E-state index >= 15 is 0 Å². The van der Waals surface area contributed by atoms with Crippen LogP contribution in [0.15, 0.2) is 29.1 Å². The van der Waals surface area contributed by atoms with E-state index in [-0.39, 0.29) is 5.56 Å². The van der Waals surface area contributed by atoms with Crippen LogP contribution in [0, 0.1) is 0 Å². The van der Waals surface area contributed by atoms with E-state index in [0.29, 0.717) is 17.1 Å². The first-order valence-corrected chi connectivity index (χ1v) is 5.29. The molecule has 0 N–H and O–H groups in total. The van der Waals surface area contributed by atoms with Crippen molar-refractivity contribution in [1.29, 1.82) is 0 Å². The molecule has 3 nitrogen and oxygen atoms in total. The second-order valence-corrected chi connectivity index (χ2v) is 4.19. The molecule has 0 atom stereocenters. The molecule has 1 fully saturated rings. The summed E-state index contributed by atoms with van der Waals surface area (Å²) < 4.78 is 1.52. The maximum Gasteiger partial charge on any atom is 0.280 e. The molecule has 76 valence electrons. The smallest absolute Gasteiger partial charge is 0.267 e. The van der Waals surface area contributed by atoms with Crippen molar-refractivity contribution in [2.75, 3.05) is 0 Å². The summed E-state index contributed by atoms with van der Waals surface area (Å²) in [5.74, 6) is 1.08. The lowest BCUT2D eigenvalue weighted by molar-refractivity contribution is 0.897. The van der Waals surface area contributed by atoms with E-state index in [0.717, 1.165) is 18.4 Å². The Balaban J connectivity index is 2.41. The molecule has 1 aromatic carbocycles. The first-order chi connectivity index (χ1) is 7.27. The molecule has 1 heterocycles. The SMILES string of the molecule is O=c1nc(C2CC2)n(Cl)c2ccccc12. The minimum atomic E-state index is -0.176. The molecule has 0 radical (unpaired) electrons. The Labute approximate surface area is 91.4 Å². The second kappa shape index (κ2) is 3.07. The molecule has 2 aromatic rings. The highest BCUT2D eigenvalue weighted by Gasteiger charge is 2.28. The van der Waals surface area contributed by atoms with Gasteiger partial charge in [0.1, 0.15) is 5.82 Å². The number of halogens is 1. The Kier molecular flexibility index (Phi) is 1.83. The highest BCUT2D eigenvalue weighted by Crippen LogP contribution is 2.39. The first kappa shape index (κ1) is 8.92. The number of aromatic nitrogens is 2. The van der Waals surface area contributed by atoms with Crippen molar-refractivity contribution in [3.63, 3.8) is 0 Å². The molecule has 0 amide bonds. The van der Waals surface area contributed by atoms with Gasteiger partial charge < -0.3 is 0 Å². The average Bonchev–Trinajstić information content (AvgIpc) is 3.07. The molecule has 0 unspecified atom stereocenters. The minimum Gasteiger partial charge on any atom is -0.267 e. The van der Waals surface area contributed by atoms with Crippen LogP contribution in [0.5, 0.6) is 0 Å². The summed E-state index contributed by atoms with van der Waals surface area (Å²) in [5, 5.41) is 0.580. The van der Waals surface area contributed by atoms with Crippen molar-refractivity contribution >= 4 is 22.7 Å². The summed E-state index contributed by atoms with van der Waals surface area (Å²) >= 11 is 6.16. The third-order valence-corrected chi connectivity index (χ3v) is 3.06. The molecular weight excluding hydrogens is 212 g/mol. The molecule has 4 heteroatoms. The summed E-state index contributed by atoms with van der Waals surface area (Å²) in [6.07, 6.45) is 2.16. The highest BCUT2D eigenvalue weighted by molar-refractivity contribution is 6.19. The van der Waals surface area contributed by atoms with Crippen LogP contribution in [0.1, 0.15) is 24.6 Å². The molecule has 1 saturated carbocycles. The summed E-state index contributed by atoms with van der Waals surface area (Å²) in [4.78, 5) is 15.7. The summed E-state index contributed by atoms with van der Waals surface area (Å²) in [7, 11) is 0. The van der Waals surface area contributed by atoms with Gasteiger partial charge in [-0.25, -0.2) is 4.09 Å². The quantitative estimate of drug-likeness (QED) is 0.739. The number of hydrogen-bond acceptors (Lipinski definition) is 2. The van der Waals surface area contributed by atoms with Crippen molar-refractivity contribution in [1.82, 2.24) is 9.07 Å². The number of nitrogens with zero attached hydrogens (tertiary/aromatic N) is 2. The van der Waals surface area contributed by atoms with Gasteiger partial charge in [0.2, 0.25) is 0 Å². The Morgan fingerprint density at radius 1 is 1.33 bits per heavy atom. The molecule has 1 aromatic heterocycles. The Bertz CT molecular complexity index is 587. The lowest BCUT2D eigenvalue weighted by Gasteiger charge is -2.06. The normalized spacial score (nSPS) is 15.8. The van der Waals surface area contributed by atoms with Crippen molar-refractivity contribution in [3.05, 3.63) is 40.4 Å². The number of hydrogen-bond donors (Lipinski definition) is 0. The molecule has 0 saturated heterocycles. The fourth-order valence-corrected chi connectivity index (χ4v) is 2.07. The van der Waals surface area contributed by atoms with E-state index in [9.17, 15) is 4.79 Å². The van der Waals surface area contributed by atoms with Gasteiger partial charge in [-0.2, -0.15) is 4.98 Å². The van der Waals surface area contributed by atoms with E-state index < -0.39 is 0 Å². The van der Waals surface area contributed by atoms with E-state index in [1.54, 1.807) is 6.07 Å². The number of para-hydroxylation sites is 1. The van der Waals surface area contributed by atoms with E-state index in [1.807, 2.05) is 18.2 Å². The fraction of sp³-hybridized carbons (Fsp3) is 0.273. The Morgan fingerprint density at radius 2 is 2.07 bits per heavy atom. The van der Waals surface area contributed by atoms with E-state index in [1.165, 1.54) is 4.09 Å². The van der Waals surface area contributed by atoms with Crippen LogP contribution >= 0.6 is 11.8 Å².